The second-order valence-electron chi connectivity index (χ2n) is 5.22. The van der Waals surface area contributed by atoms with Crippen LogP contribution in [-0.4, -0.2) is 44.5 Å². The molecule has 2 fully saturated rings. The maximum absolute atomic E-state index is 12.0. The fourth-order valence-electron chi connectivity index (χ4n) is 2.73. The molecule has 1 saturated carbocycles. The van der Waals surface area contributed by atoms with E-state index in [1.807, 2.05) is 0 Å². The van der Waals surface area contributed by atoms with Gasteiger partial charge >= 0.3 is 0 Å². The predicted molar refractivity (Wildman–Crippen MR) is 80.7 cm³/mol. The summed E-state index contributed by atoms with van der Waals surface area (Å²) in [6.07, 6.45) is 4.38. The molecular weight excluding hydrogens is 311 g/mol. The number of piperidine rings is 1. The fourth-order valence-corrected chi connectivity index (χ4v) is 4.48. The Bertz CT molecular complexity index is 348. The van der Waals surface area contributed by atoms with Gasteiger partial charge in [0.15, 0.2) is 0 Å². The van der Waals surface area contributed by atoms with E-state index in [2.05, 4.69) is 10.0 Å². The van der Waals surface area contributed by atoms with Crippen LogP contribution in [0.4, 0.5) is 0 Å². The zero-order valence-electron chi connectivity index (χ0n) is 10.9. The molecule has 19 heavy (non-hydrogen) atoms. The van der Waals surface area contributed by atoms with Crippen molar-refractivity contribution >= 4 is 34.8 Å². The molecule has 0 aromatic carbocycles. The second kappa shape index (κ2) is 8.64. The lowest BCUT2D eigenvalue weighted by atomic mass is 10.1. The first-order valence-electron chi connectivity index (χ1n) is 6.45. The summed E-state index contributed by atoms with van der Waals surface area (Å²) in [6, 6.07) is -0.366. The first-order valence-corrected chi connectivity index (χ1v) is 8.11. The lowest BCUT2D eigenvalue weighted by Crippen LogP contribution is -2.54. The summed E-state index contributed by atoms with van der Waals surface area (Å²) in [4.78, 5) is 0. The van der Waals surface area contributed by atoms with E-state index in [9.17, 15) is 13.5 Å². The number of halogens is 2. The highest BCUT2D eigenvalue weighted by atomic mass is 35.5. The molecule has 1 heterocycles. The van der Waals surface area contributed by atoms with Crippen LogP contribution in [0.1, 0.15) is 32.1 Å². The van der Waals surface area contributed by atoms with E-state index in [4.69, 9.17) is 0 Å². The number of aliphatic hydroxyl groups excluding tert-OH is 1. The average Bonchev–Trinajstić information content (AvgIpc) is 2.73. The fraction of sp³-hybridized carbons (Fsp3) is 1.00. The Kier molecular flexibility index (Phi) is 8.83. The number of hydrogen-bond donors (Lipinski definition) is 3. The van der Waals surface area contributed by atoms with Crippen LogP contribution in [0.5, 0.6) is 0 Å². The van der Waals surface area contributed by atoms with Crippen molar-refractivity contribution in [1.82, 2.24) is 10.0 Å². The Morgan fingerprint density at radius 2 is 1.79 bits per heavy atom. The van der Waals surface area contributed by atoms with Crippen LogP contribution in [-0.2, 0) is 10.0 Å². The number of hydrogen-bond acceptors (Lipinski definition) is 4. The van der Waals surface area contributed by atoms with Crippen LogP contribution >= 0.6 is 24.8 Å². The summed E-state index contributed by atoms with van der Waals surface area (Å²) >= 11 is 0. The molecule has 8 heteroatoms. The van der Waals surface area contributed by atoms with E-state index in [0.717, 1.165) is 32.2 Å². The topological polar surface area (TPSA) is 78.4 Å². The molecule has 1 aliphatic heterocycles. The number of sulfonamides is 1. The van der Waals surface area contributed by atoms with Gasteiger partial charge in [0.1, 0.15) is 0 Å². The smallest absolute Gasteiger partial charge is 0.212 e. The molecule has 0 aromatic heterocycles. The van der Waals surface area contributed by atoms with Gasteiger partial charge < -0.3 is 10.4 Å². The molecule has 0 bridgehead atoms. The quantitative estimate of drug-likeness (QED) is 0.705. The minimum Gasteiger partial charge on any atom is -0.391 e. The lowest BCUT2D eigenvalue weighted by Gasteiger charge is -2.29. The summed E-state index contributed by atoms with van der Waals surface area (Å²) in [5.74, 6) is 0.525. The molecule has 0 radical (unpaired) electrons. The van der Waals surface area contributed by atoms with E-state index in [1.165, 1.54) is 0 Å². The van der Waals surface area contributed by atoms with E-state index in [1.54, 1.807) is 0 Å². The third-order valence-corrected chi connectivity index (χ3v) is 5.28. The van der Waals surface area contributed by atoms with Gasteiger partial charge in [-0.3, -0.25) is 0 Å². The largest absolute Gasteiger partial charge is 0.391 e. The monoisotopic (exact) mass is 334 g/mol. The average molecular weight is 335 g/mol. The van der Waals surface area contributed by atoms with Gasteiger partial charge in [0.2, 0.25) is 10.0 Å². The van der Waals surface area contributed by atoms with Gasteiger partial charge in [-0.1, -0.05) is 12.8 Å². The van der Waals surface area contributed by atoms with Crippen LogP contribution in [0.2, 0.25) is 0 Å². The molecule has 1 saturated heterocycles. The first kappa shape index (κ1) is 19.4. The summed E-state index contributed by atoms with van der Waals surface area (Å²) in [5.41, 5.74) is 0. The lowest BCUT2D eigenvalue weighted by molar-refractivity contribution is 0.109. The molecular formula is C11H24Cl2N2O3S. The van der Waals surface area contributed by atoms with Gasteiger partial charge in [-0.05, 0) is 31.7 Å². The zero-order chi connectivity index (χ0) is 12.3. The van der Waals surface area contributed by atoms with Gasteiger partial charge in [-0.2, -0.15) is 0 Å². The molecule has 2 rings (SSSR count). The van der Waals surface area contributed by atoms with E-state index in [-0.39, 0.29) is 36.6 Å². The second-order valence-corrected chi connectivity index (χ2v) is 7.01. The highest BCUT2D eigenvalue weighted by molar-refractivity contribution is 7.89. The highest BCUT2D eigenvalue weighted by Gasteiger charge is 2.29. The maximum Gasteiger partial charge on any atom is 0.212 e. The molecule has 0 aromatic rings. The maximum atomic E-state index is 12.0. The third kappa shape index (κ3) is 6.14. The number of aliphatic hydroxyl groups is 1. The van der Waals surface area contributed by atoms with Crippen molar-refractivity contribution in [2.24, 2.45) is 5.92 Å². The molecule has 0 amide bonds. The Morgan fingerprint density at radius 3 is 2.37 bits per heavy atom. The predicted octanol–water partition coefficient (Wildman–Crippen LogP) is 0.662. The molecule has 5 nitrogen and oxygen atoms in total. The SMILES string of the molecule is Cl.Cl.O=S(=O)(CC1CCCC1)N[C@H]1CNCC[C@H]1O. The summed E-state index contributed by atoms with van der Waals surface area (Å²) in [6.45, 7) is 1.27. The van der Waals surface area contributed by atoms with Crippen molar-refractivity contribution in [2.75, 3.05) is 18.8 Å². The number of nitrogens with one attached hydrogen (secondary N) is 2. The standard InChI is InChI=1S/C11H22N2O3S.2ClH/c14-11-5-6-12-7-10(11)13-17(15,16)8-9-3-1-2-4-9;;/h9-14H,1-8H2;2*1H/t10-,11+;;/m0../s1. The molecule has 3 N–H and O–H groups in total. The zero-order valence-corrected chi connectivity index (χ0v) is 13.3. The Balaban J connectivity index is 0.00000162. The highest BCUT2D eigenvalue weighted by Crippen LogP contribution is 2.25. The van der Waals surface area contributed by atoms with Crippen molar-refractivity contribution in [3.8, 4) is 0 Å². The van der Waals surface area contributed by atoms with E-state index >= 15 is 0 Å². The Hall–Kier alpha value is 0.410. The third-order valence-electron chi connectivity index (χ3n) is 3.71. The summed E-state index contributed by atoms with van der Waals surface area (Å²) in [7, 11) is -3.25. The minimum atomic E-state index is -3.25. The van der Waals surface area contributed by atoms with E-state index in [0.29, 0.717) is 18.9 Å². The van der Waals surface area contributed by atoms with Crippen LogP contribution in [0.15, 0.2) is 0 Å². The number of rotatable bonds is 4. The van der Waals surface area contributed by atoms with Crippen LogP contribution in [0, 0.1) is 5.92 Å². The van der Waals surface area contributed by atoms with Crippen molar-refractivity contribution in [2.45, 2.75) is 44.2 Å². The molecule has 2 aliphatic rings. The van der Waals surface area contributed by atoms with E-state index < -0.39 is 16.1 Å². The normalized spacial score (nSPS) is 28.5. The van der Waals surface area contributed by atoms with Crippen molar-refractivity contribution in [3.63, 3.8) is 0 Å². The first-order chi connectivity index (χ1) is 8.07. The van der Waals surface area contributed by atoms with Gasteiger partial charge in [-0.15, -0.1) is 24.8 Å². The van der Waals surface area contributed by atoms with Gasteiger partial charge in [0.25, 0.3) is 0 Å². The molecule has 0 spiro atoms. The van der Waals surface area contributed by atoms with Crippen LogP contribution in [0.25, 0.3) is 0 Å². The minimum absolute atomic E-state index is 0. The van der Waals surface area contributed by atoms with Gasteiger partial charge in [0.05, 0.1) is 17.9 Å². The van der Waals surface area contributed by atoms with Gasteiger partial charge in [0, 0.05) is 6.54 Å². The Labute approximate surface area is 127 Å². The summed E-state index contributed by atoms with van der Waals surface area (Å²) in [5, 5.41) is 12.8. The van der Waals surface area contributed by atoms with Crippen molar-refractivity contribution in [3.05, 3.63) is 0 Å². The van der Waals surface area contributed by atoms with Crippen molar-refractivity contribution in [1.29, 1.82) is 0 Å². The summed E-state index contributed by atoms with van der Waals surface area (Å²) < 4.78 is 26.5. The molecule has 1 aliphatic carbocycles. The molecule has 2 atom stereocenters. The van der Waals surface area contributed by atoms with Gasteiger partial charge in [-0.25, -0.2) is 13.1 Å². The Morgan fingerprint density at radius 1 is 1.16 bits per heavy atom. The van der Waals surface area contributed by atoms with Crippen molar-refractivity contribution < 1.29 is 13.5 Å². The van der Waals surface area contributed by atoms with Crippen LogP contribution in [0.3, 0.4) is 0 Å². The van der Waals surface area contributed by atoms with Crippen LogP contribution < -0.4 is 10.0 Å². The molecule has 0 unspecified atom stereocenters. The molecule has 116 valence electrons.